The maximum Gasteiger partial charge on any atom is 0.0522 e. The third-order valence-electron chi connectivity index (χ3n) is 4.37. The number of nitrogens with zero attached hydrogens (tertiary/aromatic N) is 2. The molecule has 0 atom stereocenters. The van der Waals surface area contributed by atoms with E-state index in [1.54, 1.807) is 0 Å². The molecule has 1 saturated carbocycles. The molecule has 0 aliphatic heterocycles. The van der Waals surface area contributed by atoms with Crippen molar-refractivity contribution in [2.75, 3.05) is 6.54 Å². The number of nitrogens with one attached hydrogen (secondary N) is 1. The van der Waals surface area contributed by atoms with Crippen molar-refractivity contribution in [1.82, 2.24) is 15.1 Å². The van der Waals surface area contributed by atoms with Gasteiger partial charge < -0.3 is 5.32 Å². The van der Waals surface area contributed by atoms with Crippen molar-refractivity contribution in [3.05, 3.63) is 53.3 Å². The molecule has 3 heteroatoms. The van der Waals surface area contributed by atoms with Gasteiger partial charge in [-0.05, 0) is 55.3 Å². The van der Waals surface area contributed by atoms with Crippen LogP contribution in [-0.2, 0) is 13.5 Å². The normalized spacial score (nSPS) is 21.7. The van der Waals surface area contributed by atoms with E-state index in [1.807, 2.05) is 17.9 Å². The minimum absolute atomic E-state index is 0.691. The molecule has 20 heavy (non-hydrogen) atoms. The van der Waals surface area contributed by atoms with Crippen molar-refractivity contribution < 1.29 is 0 Å². The molecular formula is C17H23N3. The minimum Gasteiger partial charge on any atom is -0.314 e. The van der Waals surface area contributed by atoms with E-state index in [4.69, 9.17) is 0 Å². The fourth-order valence-corrected chi connectivity index (χ4v) is 3.10. The van der Waals surface area contributed by atoms with Gasteiger partial charge in [-0.15, -0.1) is 0 Å². The summed E-state index contributed by atoms with van der Waals surface area (Å²) in [5, 5.41) is 7.86. The second-order valence-corrected chi connectivity index (χ2v) is 5.95. The molecule has 3 rings (SSSR count). The van der Waals surface area contributed by atoms with Crippen LogP contribution < -0.4 is 5.32 Å². The molecule has 1 aliphatic carbocycles. The number of rotatable bonds is 5. The maximum absolute atomic E-state index is 4.20. The molecule has 1 aromatic carbocycles. The van der Waals surface area contributed by atoms with Crippen LogP contribution in [0.5, 0.6) is 0 Å². The average Bonchev–Trinajstić information content (AvgIpc) is 2.79. The molecule has 1 aromatic heterocycles. The van der Waals surface area contributed by atoms with Crippen molar-refractivity contribution in [3.8, 4) is 0 Å². The highest BCUT2D eigenvalue weighted by Gasteiger charge is 2.30. The van der Waals surface area contributed by atoms with E-state index in [0.29, 0.717) is 6.04 Å². The van der Waals surface area contributed by atoms with Crippen molar-refractivity contribution in [3.63, 3.8) is 0 Å². The third kappa shape index (κ3) is 2.93. The molecule has 3 nitrogen and oxygen atoms in total. The summed E-state index contributed by atoms with van der Waals surface area (Å²) in [6.07, 6.45) is 7.67. The SMILES string of the molecule is Cc1ccccc1C1CC(NCCc2cnn(C)c2)C1. The lowest BCUT2D eigenvalue weighted by Gasteiger charge is -2.37. The molecule has 0 spiro atoms. The van der Waals surface area contributed by atoms with Gasteiger partial charge in [0.05, 0.1) is 6.20 Å². The third-order valence-corrected chi connectivity index (χ3v) is 4.37. The van der Waals surface area contributed by atoms with Gasteiger partial charge in [-0.1, -0.05) is 24.3 Å². The van der Waals surface area contributed by atoms with Crippen LogP contribution in [0.15, 0.2) is 36.7 Å². The Morgan fingerprint density at radius 3 is 2.80 bits per heavy atom. The Morgan fingerprint density at radius 2 is 2.10 bits per heavy atom. The Bertz CT molecular complexity index is 567. The molecule has 2 aromatic rings. The molecular weight excluding hydrogens is 246 g/mol. The van der Waals surface area contributed by atoms with Crippen LogP contribution in [0.3, 0.4) is 0 Å². The molecule has 106 valence electrons. The lowest BCUT2D eigenvalue weighted by Crippen LogP contribution is -2.41. The highest BCUT2D eigenvalue weighted by atomic mass is 15.2. The van der Waals surface area contributed by atoms with Gasteiger partial charge in [-0.2, -0.15) is 5.10 Å². The van der Waals surface area contributed by atoms with E-state index < -0.39 is 0 Å². The van der Waals surface area contributed by atoms with Crippen LogP contribution in [0, 0.1) is 6.92 Å². The van der Waals surface area contributed by atoms with Crippen LogP contribution in [0.2, 0.25) is 0 Å². The van der Waals surface area contributed by atoms with E-state index in [0.717, 1.165) is 18.9 Å². The lowest BCUT2D eigenvalue weighted by molar-refractivity contribution is 0.292. The first-order valence-corrected chi connectivity index (χ1v) is 7.49. The van der Waals surface area contributed by atoms with Crippen LogP contribution in [0.25, 0.3) is 0 Å². The zero-order valence-electron chi connectivity index (χ0n) is 12.3. The van der Waals surface area contributed by atoms with Crippen molar-refractivity contribution in [2.45, 2.75) is 38.1 Å². The second-order valence-electron chi connectivity index (χ2n) is 5.95. The average molecular weight is 269 g/mol. The number of benzene rings is 1. The summed E-state index contributed by atoms with van der Waals surface area (Å²) in [5.41, 5.74) is 4.29. The Kier molecular flexibility index (Phi) is 3.88. The van der Waals surface area contributed by atoms with Gasteiger partial charge >= 0.3 is 0 Å². The van der Waals surface area contributed by atoms with E-state index in [-0.39, 0.29) is 0 Å². The smallest absolute Gasteiger partial charge is 0.0522 e. The number of hydrogen-bond acceptors (Lipinski definition) is 2. The first kappa shape index (κ1) is 13.4. The summed E-state index contributed by atoms with van der Waals surface area (Å²) in [6, 6.07) is 9.48. The molecule has 0 radical (unpaired) electrons. The molecule has 0 saturated heterocycles. The van der Waals surface area contributed by atoms with Crippen LogP contribution in [0.4, 0.5) is 0 Å². The molecule has 0 amide bonds. The number of aromatic nitrogens is 2. The Balaban J connectivity index is 1.41. The quantitative estimate of drug-likeness (QED) is 0.904. The molecule has 1 heterocycles. The number of hydrogen-bond donors (Lipinski definition) is 1. The van der Waals surface area contributed by atoms with Gasteiger partial charge in [0.2, 0.25) is 0 Å². The minimum atomic E-state index is 0.691. The summed E-state index contributed by atoms with van der Waals surface area (Å²) in [5.74, 6) is 0.757. The first-order chi connectivity index (χ1) is 9.72. The van der Waals surface area contributed by atoms with Gasteiger partial charge in [0.15, 0.2) is 0 Å². The fraction of sp³-hybridized carbons (Fsp3) is 0.471. The molecule has 1 fully saturated rings. The Morgan fingerprint density at radius 1 is 1.30 bits per heavy atom. The summed E-state index contributed by atoms with van der Waals surface area (Å²) >= 11 is 0. The van der Waals surface area contributed by atoms with Crippen molar-refractivity contribution in [2.24, 2.45) is 7.05 Å². The monoisotopic (exact) mass is 269 g/mol. The van der Waals surface area contributed by atoms with E-state index in [1.165, 1.54) is 29.5 Å². The predicted octanol–water partition coefficient (Wildman–Crippen LogP) is 2.81. The van der Waals surface area contributed by atoms with E-state index in [9.17, 15) is 0 Å². The summed E-state index contributed by atoms with van der Waals surface area (Å²) < 4.78 is 1.87. The van der Waals surface area contributed by atoms with Crippen LogP contribution >= 0.6 is 0 Å². The zero-order chi connectivity index (χ0) is 13.9. The predicted molar refractivity (Wildman–Crippen MR) is 81.9 cm³/mol. The van der Waals surface area contributed by atoms with Crippen molar-refractivity contribution in [1.29, 1.82) is 0 Å². The van der Waals surface area contributed by atoms with Crippen LogP contribution in [0.1, 0.15) is 35.4 Å². The first-order valence-electron chi connectivity index (χ1n) is 7.49. The Labute approximate surface area is 121 Å². The Hall–Kier alpha value is -1.61. The highest BCUT2D eigenvalue weighted by molar-refractivity contribution is 5.31. The second kappa shape index (κ2) is 5.80. The molecule has 0 unspecified atom stereocenters. The lowest BCUT2D eigenvalue weighted by atomic mass is 9.74. The summed E-state index contributed by atoms with van der Waals surface area (Å²) in [4.78, 5) is 0. The largest absolute Gasteiger partial charge is 0.314 e. The molecule has 1 aliphatic rings. The van der Waals surface area contributed by atoms with E-state index in [2.05, 4.69) is 47.8 Å². The summed E-state index contributed by atoms with van der Waals surface area (Å²) in [6.45, 7) is 3.27. The molecule has 1 N–H and O–H groups in total. The van der Waals surface area contributed by atoms with E-state index >= 15 is 0 Å². The van der Waals surface area contributed by atoms with Gasteiger partial charge in [-0.25, -0.2) is 0 Å². The topological polar surface area (TPSA) is 29.9 Å². The van der Waals surface area contributed by atoms with Crippen LogP contribution in [-0.4, -0.2) is 22.4 Å². The van der Waals surface area contributed by atoms with Gasteiger partial charge in [0, 0.05) is 19.3 Å². The van der Waals surface area contributed by atoms with Crippen molar-refractivity contribution >= 4 is 0 Å². The highest BCUT2D eigenvalue weighted by Crippen LogP contribution is 2.38. The van der Waals surface area contributed by atoms with Gasteiger partial charge in [0.1, 0.15) is 0 Å². The zero-order valence-corrected chi connectivity index (χ0v) is 12.3. The summed E-state index contributed by atoms with van der Waals surface area (Å²) in [7, 11) is 1.97. The fourth-order valence-electron chi connectivity index (χ4n) is 3.10. The molecule has 0 bridgehead atoms. The maximum atomic E-state index is 4.20. The van der Waals surface area contributed by atoms with Gasteiger partial charge in [0.25, 0.3) is 0 Å². The van der Waals surface area contributed by atoms with Gasteiger partial charge in [-0.3, -0.25) is 4.68 Å². The number of aryl methyl sites for hydroxylation is 2. The standard InChI is InChI=1S/C17H23N3/c1-13-5-3-4-6-17(13)15-9-16(10-15)18-8-7-14-11-19-20(2)12-14/h3-6,11-12,15-16,18H,7-10H2,1-2H3.